The van der Waals surface area contributed by atoms with Crippen LogP contribution in [0.3, 0.4) is 0 Å². The molecule has 0 radical (unpaired) electrons. The molecule has 0 spiro atoms. The molecule has 1 amide bonds. The zero-order valence-corrected chi connectivity index (χ0v) is 14.6. The molecule has 1 aliphatic heterocycles. The van der Waals surface area contributed by atoms with Crippen LogP contribution in [0.25, 0.3) is 0 Å². The summed E-state index contributed by atoms with van der Waals surface area (Å²) in [5, 5.41) is 7.31. The Bertz CT molecular complexity index is 573. The molecule has 1 heterocycles. The molecule has 1 aliphatic rings. The molecule has 23 heavy (non-hydrogen) atoms. The van der Waals surface area contributed by atoms with Crippen LogP contribution in [0.2, 0.25) is 5.02 Å². The maximum atomic E-state index is 12.1. The number of hydrogen-bond donors (Lipinski definition) is 3. The molecule has 1 aromatic carbocycles. The predicted molar refractivity (Wildman–Crippen MR) is 98.0 cm³/mol. The van der Waals surface area contributed by atoms with E-state index in [-0.39, 0.29) is 5.91 Å². The Morgan fingerprint density at radius 2 is 2.09 bits per heavy atom. The van der Waals surface area contributed by atoms with Crippen LogP contribution in [0.1, 0.15) is 0 Å². The maximum absolute atomic E-state index is 12.1. The first-order valence-electron chi connectivity index (χ1n) is 7.61. The minimum Gasteiger partial charge on any atom is -0.359 e. The molecule has 1 aromatic rings. The molecule has 0 aliphatic carbocycles. The van der Waals surface area contributed by atoms with E-state index in [9.17, 15) is 4.79 Å². The second kappa shape index (κ2) is 8.86. The van der Waals surface area contributed by atoms with Crippen molar-refractivity contribution < 1.29 is 9.69 Å². The number of para-hydroxylation sites is 1. The number of rotatable bonds is 5. The number of piperazine rings is 1. The van der Waals surface area contributed by atoms with Crippen LogP contribution in [0, 0.1) is 0 Å². The molecule has 0 aromatic heterocycles. The number of carbonyl (C=O) groups excluding carboxylic acids is 1. The number of carbonyl (C=O) groups is 1. The molecule has 124 valence electrons. The number of anilines is 1. The Hall–Kier alpha value is -1.63. The van der Waals surface area contributed by atoms with Crippen molar-refractivity contribution in [3.63, 3.8) is 0 Å². The number of hydrogen-bond acceptors (Lipinski definition) is 2. The highest BCUT2D eigenvalue weighted by molar-refractivity contribution is 7.80. The lowest BCUT2D eigenvalue weighted by molar-refractivity contribution is -0.895. The molecule has 1 fully saturated rings. The van der Waals surface area contributed by atoms with E-state index in [1.165, 1.54) is 4.90 Å². The number of quaternary nitrogens is 1. The Labute approximate surface area is 147 Å². The van der Waals surface area contributed by atoms with Gasteiger partial charge in [-0.3, -0.25) is 4.79 Å². The van der Waals surface area contributed by atoms with Gasteiger partial charge in [-0.05, 0) is 24.4 Å². The van der Waals surface area contributed by atoms with Gasteiger partial charge in [0.25, 0.3) is 5.91 Å². The molecular formula is C16H22ClN4OS+. The number of halogens is 1. The lowest BCUT2D eigenvalue weighted by Crippen LogP contribution is -3.15. The van der Waals surface area contributed by atoms with Crippen LogP contribution >= 0.6 is 23.8 Å². The third-order valence-electron chi connectivity index (χ3n) is 3.71. The van der Waals surface area contributed by atoms with Crippen LogP contribution in [-0.4, -0.2) is 55.2 Å². The zero-order chi connectivity index (χ0) is 16.7. The number of amides is 1. The van der Waals surface area contributed by atoms with Gasteiger partial charge in [-0.25, -0.2) is 0 Å². The fourth-order valence-corrected chi connectivity index (χ4v) is 2.91. The summed E-state index contributed by atoms with van der Waals surface area (Å²) in [4.78, 5) is 15.5. The summed E-state index contributed by atoms with van der Waals surface area (Å²) in [5.41, 5.74) is 0.659. The van der Waals surface area contributed by atoms with Gasteiger partial charge in [0.15, 0.2) is 11.7 Å². The predicted octanol–water partition coefficient (Wildman–Crippen LogP) is 0.540. The average Bonchev–Trinajstić information content (AvgIpc) is 2.55. The topological polar surface area (TPSA) is 48.8 Å². The van der Waals surface area contributed by atoms with Crippen LogP contribution in [0.4, 0.5) is 5.69 Å². The minimum atomic E-state index is -0.0195. The minimum absolute atomic E-state index is 0.0195. The van der Waals surface area contributed by atoms with Crippen LogP contribution in [0.15, 0.2) is 36.9 Å². The molecular weight excluding hydrogens is 332 g/mol. The van der Waals surface area contributed by atoms with E-state index in [0.717, 1.165) is 31.3 Å². The van der Waals surface area contributed by atoms with Crippen LogP contribution in [-0.2, 0) is 4.79 Å². The van der Waals surface area contributed by atoms with E-state index in [4.69, 9.17) is 23.8 Å². The summed E-state index contributed by atoms with van der Waals surface area (Å²) in [6, 6.07) is 7.26. The summed E-state index contributed by atoms with van der Waals surface area (Å²) < 4.78 is 0. The Balaban J connectivity index is 1.75. The van der Waals surface area contributed by atoms with Gasteiger partial charge in [-0.15, -0.1) is 6.58 Å². The van der Waals surface area contributed by atoms with Crippen molar-refractivity contribution in [2.24, 2.45) is 0 Å². The summed E-state index contributed by atoms with van der Waals surface area (Å²) in [6.45, 7) is 8.23. The van der Waals surface area contributed by atoms with Gasteiger partial charge < -0.3 is 20.4 Å². The first-order valence-corrected chi connectivity index (χ1v) is 8.40. The molecule has 1 saturated heterocycles. The van der Waals surface area contributed by atoms with Gasteiger partial charge in [0.2, 0.25) is 0 Å². The summed E-state index contributed by atoms with van der Waals surface area (Å²) in [6.07, 6.45) is 1.78. The SMILES string of the molecule is C=CCNC(=S)N1CC[NH+](CC(=O)Nc2ccccc2Cl)CC1. The molecule has 7 heteroatoms. The highest BCUT2D eigenvalue weighted by Crippen LogP contribution is 2.19. The van der Waals surface area contributed by atoms with Crippen molar-refractivity contribution in [2.45, 2.75) is 0 Å². The molecule has 2 rings (SSSR count). The Morgan fingerprint density at radius 3 is 2.74 bits per heavy atom. The highest BCUT2D eigenvalue weighted by atomic mass is 35.5. The number of nitrogens with zero attached hydrogens (tertiary/aromatic N) is 1. The lowest BCUT2D eigenvalue weighted by Gasteiger charge is -2.33. The molecule has 3 N–H and O–H groups in total. The molecule has 0 unspecified atom stereocenters. The largest absolute Gasteiger partial charge is 0.359 e. The third kappa shape index (κ3) is 5.49. The van der Waals surface area contributed by atoms with Crippen molar-refractivity contribution in [1.82, 2.24) is 10.2 Å². The fraction of sp³-hybridized carbons (Fsp3) is 0.375. The standard InChI is InChI=1S/C16H21ClN4OS/c1-2-7-18-16(23)21-10-8-20(9-11-21)12-15(22)19-14-6-4-3-5-13(14)17/h2-6H,1,7-12H2,(H,18,23)(H,19,22)/p+1. The summed E-state index contributed by atoms with van der Waals surface area (Å²) in [7, 11) is 0. The van der Waals surface area contributed by atoms with Crippen LogP contribution < -0.4 is 15.5 Å². The third-order valence-corrected chi connectivity index (χ3v) is 4.45. The number of nitrogens with one attached hydrogen (secondary N) is 3. The van der Waals surface area contributed by atoms with Gasteiger partial charge >= 0.3 is 0 Å². The Kier molecular flexibility index (Phi) is 6.83. The Morgan fingerprint density at radius 1 is 1.39 bits per heavy atom. The molecule has 0 atom stereocenters. The molecule has 5 nitrogen and oxygen atoms in total. The van der Waals surface area contributed by atoms with Gasteiger partial charge in [-0.1, -0.05) is 29.8 Å². The van der Waals surface area contributed by atoms with Gasteiger partial charge in [0, 0.05) is 6.54 Å². The quantitative estimate of drug-likeness (QED) is 0.534. The normalized spacial score (nSPS) is 15.1. The van der Waals surface area contributed by atoms with Crippen molar-refractivity contribution in [3.8, 4) is 0 Å². The first kappa shape index (κ1) is 17.7. The maximum Gasteiger partial charge on any atom is 0.279 e. The van der Waals surface area contributed by atoms with Gasteiger partial charge in [-0.2, -0.15) is 0 Å². The van der Waals surface area contributed by atoms with Crippen molar-refractivity contribution in [3.05, 3.63) is 41.9 Å². The van der Waals surface area contributed by atoms with E-state index >= 15 is 0 Å². The van der Waals surface area contributed by atoms with Crippen molar-refractivity contribution in [1.29, 1.82) is 0 Å². The summed E-state index contributed by atoms with van der Waals surface area (Å²) >= 11 is 11.4. The van der Waals surface area contributed by atoms with Crippen molar-refractivity contribution in [2.75, 3.05) is 44.6 Å². The van der Waals surface area contributed by atoms with Gasteiger partial charge in [0.1, 0.15) is 0 Å². The van der Waals surface area contributed by atoms with E-state index in [0.29, 0.717) is 23.8 Å². The van der Waals surface area contributed by atoms with Crippen LogP contribution in [0.5, 0.6) is 0 Å². The highest BCUT2D eigenvalue weighted by Gasteiger charge is 2.23. The lowest BCUT2D eigenvalue weighted by atomic mass is 10.3. The van der Waals surface area contributed by atoms with E-state index in [1.807, 2.05) is 12.1 Å². The van der Waals surface area contributed by atoms with E-state index in [2.05, 4.69) is 22.1 Å². The van der Waals surface area contributed by atoms with E-state index in [1.54, 1.807) is 18.2 Å². The van der Waals surface area contributed by atoms with Crippen molar-refractivity contribution >= 4 is 40.5 Å². The zero-order valence-electron chi connectivity index (χ0n) is 13.0. The smallest absolute Gasteiger partial charge is 0.279 e. The number of benzene rings is 1. The number of thiocarbonyl (C=S) groups is 1. The summed E-state index contributed by atoms with van der Waals surface area (Å²) in [5.74, 6) is -0.0195. The second-order valence-electron chi connectivity index (χ2n) is 5.42. The van der Waals surface area contributed by atoms with Gasteiger partial charge in [0.05, 0.1) is 36.9 Å². The fourth-order valence-electron chi connectivity index (χ4n) is 2.46. The second-order valence-corrected chi connectivity index (χ2v) is 6.21. The molecule has 0 saturated carbocycles. The monoisotopic (exact) mass is 353 g/mol. The molecule has 0 bridgehead atoms. The van der Waals surface area contributed by atoms with E-state index < -0.39 is 0 Å². The average molecular weight is 354 g/mol. The first-order chi connectivity index (χ1) is 11.1.